The van der Waals surface area contributed by atoms with Crippen molar-refractivity contribution in [2.45, 2.75) is 38.6 Å². The van der Waals surface area contributed by atoms with Crippen molar-refractivity contribution in [3.63, 3.8) is 0 Å². The summed E-state index contributed by atoms with van der Waals surface area (Å²) in [6.07, 6.45) is 12.7. The van der Waals surface area contributed by atoms with E-state index in [1.165, 1.54) is 37.7 Å². The van der Waals surface area contributed by atoms with Crippen LogP contribution in [-0.4, -0.2) is 11.5 Å². The van der Waals surface area contributed by atoms with Gasteiger partial charge in [0.15, 0.2) is 0 Å². The fraction of sp³-hybridized carbons (Fsp3) is 0.500. The lowest BCUT2D eigenvalue weighted by atomic mass is 9.97. The fourth-order valence-electron chi connectivity index (χ4n) is 2.11. The molecule has 0 aliphatic heterocycles. The summed E-state index contributed by atoms with van der Waals surface area (Å²) in [5.41, 5.74) is 2.96. The molecular weight excluding hydrogens is 232 g/mol. The molecular formula is C14H20ClN2-. The molecule has 1 aliphatic carbocycles. The lowest BCUT2D eigenvalue weighted by molar-refractivity contribution is -0.00000342. The molecule has 3 heteroatoms. The molecule has 0 atom stereocenters. The number of nitrogens with zero attached hydrogens (tertiary/aromatic N) is 1. The van der Waals surface area contributed by atoms with Crippen LogP contribution in [0.1, 0.15) is 37.7 Å². The molecule has 1 N–H and O–H groups in total. The summed E-state index contributed by atoms with van der Waals surface area (Å²) in [5.74, 6) is 0. The molecule has 0 aromatic carbocycles. The van der Waals surface area contributed by atoms with Crippen LogP contribution < -0.4 is 17.7 Å². The Kier molecular flexibility index (Phi) is 6.90. The Morgan fingerprint density at radius 2 is 2.00 bits per heavy atom. The van der Waals surface area contributed by atoms with Crippen LogP contribution in [0.3, 0.4) is 0 Å². The average Bonchev–Trinajstić information content (AvgIpc) is 2.37. The molecule has 0 fully saturated rings. The van der Waals surface area contributed by atoms with Gasteiger partial charge in [-0.2, -0.15) is 0 Å². The molecule has 0 radical (unpaired) electrons. The monoisotopic (exact) mass is 251 g/mol. The van der Waals surface area contributed by atoms with E-state index < -0.39 is 0 Å². The average molecular weight is 252 g/mol. The van der Waals surface area contributed by atoms with Crippen molar-refractivity contribution in [3.8, 4) is 0 Å². The van der Waals surface area contributed by atoms with Crippen LogP contribution in [0.5, 0.6) is 0 Å². The molecule has 1 aromatic rings. The third-order valence-electron chi connectivity index (χ3n) is 3.09. The minimum atomic E-state index is 0. The first-order valence-corrected chi connectivity index (χ1v) is 6.23. The third-order valence-corrected chi connectivity index (χ3v) is 3.09. The van der Waals surface area contributed by atoms with E-state index >= 15 is 0 Å². The molecule has 1 aromatic heterocycles. The molecule has 0 amide bonds. The molecule has 1 aliphatic rings. The molecule has 2 nitrogen and oxygen atoms in total. The zero-order valence-corrected chi connectivity index (χ0v) is 10.9. The van der Waals surface area contributed by atoms with Gasteiger partial charge in [-0.1, -0.05) is 11.6 Å². The highest BCUT2D eigenvalue weighted by atomic mass is 35.5. The summed E-state index contributed by atoms with van der Waals surface area (Å²) in [7, 11) is 0. The van der Waals surface area contributed by atoms with Gasteiger partial charge in [-0.15, -0.1) is 0 Å². The number of rotatable bonds is 5. The summed E-state index contributed by atoms with van der Waals surface area (Å²) < 4.78 is 0. The lowest BCUT2D eigenvalue weighted by Gasteiger charge is -2.12. The number of allylic oxidation sites excluding steroid dienone is 1. The maximum absolute atomic E-state index is 4.01. The maximum atomic E-state index is 4.01. The Labute approximate surface area is 110 Å². The predicted molar refractivity (Wildman–Crippen MR) is 67.1 cm³/mol. The standard InChI is InChI=1S/C14H20N2.ClH/c1-2-4-13(5-3-1)6-11-16-12-14-7-9-15-10-8-14;/h4,7-10,16H,1-3,5-6,11-12H2;1H/p-1. The summed E-state index contributed by atoms with van der Waals surface area (Å²) in [6, 6.07) is 4.12. The second kappa shape index (κ2) is 8.26. The van der Waals surface area contributed by atoms with Crippen molar-refractivity contribution >= 4 is 0 Å². The van der Waals surface area contributed by atoms with Gasteiger partial charge in [0.2, 0.25) is 0 Å². The van der Waals surface area contributed by atoms with Gasteiger partial charge in [-0.25, -0.2) is 0 Å². The van der Waals surface area contributed by atoms with Gasteiger partial charge in [0.1, 0.15) is 0 Å². The van der Waals surface area contributed by atoms with Crippen LogP contribution in [0.15, 0.2) is 36.2 Å². The van der Waals surface area contributed by atoms with Gasteiger partial charge in [-0.05, 0) is 56.3 Å². The quantitative estimate of drug-likeness (QED) is 0.592. The number of pyridine rings is 1. The number of aromatic nitrogens is 1. The summed E-state index contributed by atoms with van der Waals surface area (Å²) in [4.78, 5) is 4.01. The maximum Gasteiger partial charge on any atom is 0.0271 e. The summed E-state index contributed by atoms with van der Waals surface area (Å²) in [6.45, 7) is 2.05. The Hall–Kier alpha value is -0.860. The lowest BCUT2D eigenvalue weighted by Crippen LogP contribution is -3.00. The van der Waals surface area contributed by atoms with E-state index in [-0.39, 0.29) is 12.4 Å². The zero-order valence-electron chi connectivity index (χ0n) is 10.2. The molecule has 2 rings (SSSR count). The van der Waals surface area contributed by atoms with E-state index in [9.17, 15) is 0 Å². The van der Waals surface area contributed by atoms with Crippen LogP contribution in [-0.2, 0) is 6.54 Å². The van der Waals surface area contributed by atoms with E-state index in [0.29, 0.717) is 0 Å². The van der Waals surface area contributed by atoms with Crippen LogP contribution >= 0.6 is 0 Å². The summed E-state index contributed by atoms with van der Waals surface area (Å²) in [5, 5.41) is 3.48. The number of nitrogens with one attached hydrogen (secondary N) is 1. The van der Waals surface area contributed by atoms with Crippen molar-refractivity contribution in [2.24, 2.45) is 0 Å². The van der Waals surface area contributed by atoms with Gasteiger partial charge in [0.05, 0.1) is 0 Å². The molecule has 1 heterocycles. The topological polar surface area (TPSA) is 24.9 Å². The van der Waals surface area contributed by atoms with Crippen LogP contribution in [0.2, 0.25) is 0 Å². The van der Waals surface area contributed by atoms with Gasteiger partial charge in [-0.3, -0.25) is 4.98 Å². The normalized spacial score (nSPS) is 14.9. The minimum absolute atomic E-state index is 0. The van der Waals surface area contributed by atoms with Gasteiger partial charge in [0, 0.05) is 18.9 Å². The Bertz CT molecular complexity index is 335. The first kappa shape index (κ1) is 14.2. The summed E-state index contributed by atoms with van der Waals surface area (Å²) >= 11 is 0. The van der Waals surface area contributed by atoms with Crippen molar-refractivity contribution < 1.29 is 12.4 Å². The van der Waals surface area contributed by atoms with Gasteiger partial charge < -0.3 is 17.7 Å². The highest BCUT2D eigenvalue weighted by Gasteiger charge is 2.02. The highest BCUT2D eigenvalue weighted by molar-refractivity contribution is 5.09. The van der Waals surface area contributed by atoms with Gasteiger partial charge in [0.25, 0.3) is 0 Å². The van der Waals surface area contributed by atoms with Gasteiger partial charge >= 0.3 is 0 Å². The van der Waals surface area contributed by atoms with Crippen LogP contribution in [0, 0.1) is 0 Å². The molecule has 0 spiro atoms. The first-order chi connectivity index (χ1) is 7.95. The Balaban J connectivity index is 0.00000144. The largest absolute Gasteiger partial charge is 1.00 e. The van der Waals surface area contributed by atoms with Crippen molar-refractivity contribution in [1.29, 1.82) is 0 Å². The van der Waals surface area contributed by atoms with E-state index in [2.05, 4.69) is 28.5 Å². The molecule has 0 unspecified atom stereocenters. The predicted octanol–water partition coefficient (Wildman–Crippen LogP) is 0.0657. The molecule has 0 saturated carbocycles. The molecule has 17 heavy (non-hydrogen) atoms. The van der Waals surface area contributed by atoms with Crippen molar-refractivity contribution in [2.75, 3.05) is 6.54 Å². The highest BCUT2D eigenvalue weighted by Crippen LogP contribution is 2.19. The number of hydrogen-bond donors (Lipinski definition) is 1. The van der Waals surface area contributed by atoms with E-state index in [0.717, 1.165) is 13.1 Å². The minimum Gasteiger partial charge on any atom is -1.00 e. The van der Waals surface area contributed by atoms with E-state index in [1.54, 1.807) is 5.57 Å². The Morgan fingerprint density at radius 1 is 1.18 bits per heavy atom. The van der Waals surface area contributed by atoms with Crippen molar-refractivity contribution in [3.05, 3.63) is 41.7 Å². The van der Waals surface area contributed by atoms with Crippen molar-refractivity contribution in [1.82, 2.24) is 10.3 Å². The Morgan fingerprint density at radius 3 is 2.71 bits per heavy atom. The molecule has 0 saturated heterocycles. The third kappa shape index (κ3) is 5.33. The first-order valence-electron chi connectivity index (χ1n) is 6.23. The second-order valence-corrected chi connectivity index (χ2v) is 4.39. The smallest absolute Gasteiger partial charge is 0.0271 e. The fourth-order valence-corrected chi connectivity index (χ4v) is 2.11. The van der Waals surface area contributed by atoms with E-state index in [4.69, 9.17) is 0 Å². The molecule has 0 bridgehead atoms. The number of hydrogen-bond acceptors (Lipinski definition) is 2. The van der Waals surface area contributed by atoms with E-state index in [1.807, 2.05) is 12.4 Å². The van der Waals surface area contributed by atoms with Crippen LogP contribution in [0.25, 0.3) is 0 Å². The number of halogens is 1. The second-order valence-electron chi connectivity index (χ2n) is 4.39. The SMILES string of the molecule is C1=C(CCNCc2ccncc2)CCCC1.[Cl-]. The zero-order chi connectivity index (χ0) is 11.1. The molecule has 94 valence electrons. The van der Waals surface area contributed by atoms with Crippen LogP contribution in [0.4, 0.5) is 0 Å².